The highest BCUT2D eigenvalue weighted by atomic mass is 16.2. The van der Waals surface area contributed by atoms with Gasteiger partial charge in [0.2, 0.25) is 0 Å². The van der Waals surface area contributed by atoms with Crippen molar-refractivity contribution >= 4 is 11.6 Å². The maximum absolute atomic E-state index is 12.9. The Labute approximate surface area is 141 Å². The van der Waals surface area contributed by atoms with Gasteiger partial charge in [-0.2, -0.15) is 0 Å². The molecule has 0 N–H and O–H groups in total. The SMILES string of the molecule is CCN(C(=O)c1cnc(-c2ccccc2)nc1C)c1ccccc1. The lowest BCUT2D eigenvalue weighted by atomic mass is 10.1. The highest BCUT2D eigenvalue weighted by Gasteiger charge is 2.19. The maximum Gasteiger partial charge on any atom is 0.261 e. The third-order valence-electron chi connectivity index (χ3n) is 3.87. The summed E-state index contributed by atoms with van der Waals surface area (Å²) in [5.74, 6) is 0.549. The van der Waals surface area contributed by atoms with Crippen molar-refractivity contribution in [1.29, 1.82) is 0 Å². The molecule has 0 aliphatic carbocycles. The second kappa shape index (κ2) is 7.04. The topological polar surface area (TPSA) is 46.1 Å². The van der Waals surface area contributed by atoms with Crippen molar-refractivity contribution in [2.75, 3.05) is 11.4 Å². The number of carbonyl (C=O) groups is 1. The molecule has 0 saturated carbocycles. The van der Waals surface area contributed by atoms with Gasteiger partial charge in [-0.05, 0) is 26.0 Å². The first-order chi connectivity index (χ1) is 11.7. The minimum atomic E-state index is -0.0826. The van der Waals surface area contributed by atoms with Gasteiger partial charge in [0.15, 0.2) is 5.82 Å². The first-order valence-corrected chi connectivity index (χ1v) is 7.96. The largest absolute Gasteiger partial charge is 0.309 e. The first kappa shape index (κ1) is 15.9. The van der Waals surface area contributed by atoms with Crippen LogP contribution in [-0.2, 0) is 0 Å². The normalized spacial score (nSPS) is 10.4. The maximum atomic E-state index is 12.9. The summed E-state index contributed by atoms with van der Waals surface area (Å²) in [5, 5.41) is 0. The number of aryl methyl sites for hydroxylation is 1. The molecule has 0 atom stereocenters. The molecule has 0 radical (unpaired) electrons. The second-order valence-corrected chi connectivity index (χ2v) is 5.44. The molecule has 0 aliphatic rings. The molecule has 0 unspecified atom stereocenters. The molecular weight excluding hydrogens is 298 g/mol. The number of hydrogen-bond donors (Lipinski definition) is 0. The van der Waals surface area contributed by atoms with Crippen molar-refractivity contribution in [2.45, 2.75) is 13.8 Å². The van der Waals surface area contributed by atoms with E-state index in [1.165, 1.54) is 0 Å². The number of para-hydroxylation sites is 1. The molecule has 3 aromatic rings. The van der Waals surface area contributed by atoms with Crippen molar-refractivity contribution in [1.82, 2.24) is 9.97 Å². The lowest BCUT2D eigenvalue weighted by Gasteiger charge is -2.21. The molecular formula is C20H19N3O. The highest BCUT2D eigenvalue weighted by molar-refractivity contribution is 6.06. The van der Waals surface area contributed by atoms with Crippen LogP contribution >= 0.6 is 0 Å². The molecule has 0 saturated heterocycles. The van der Waals surface area contributed by atoms with Crippen LogP contribution in [0.2, 0.25) is 0 Å². The van der Waals surface area contributed by atoms with E-state index in [9.17, 15) is 4.79 Å². The van der Waals surface area contributed by atoms with Gasteiger partial charge in [-0.1, -0.05) is 48.5 Å². The minimum absolute atomic E-state index is 0.0826. The van der Waals surface area contributed by atoms with Crippen molar-refractivity contribution in [2.24, 2.45) is 0 Å². The number of amides is 1. The van der Waals surface area contributed by atoms with Crippen LogP contribution in [0.3, 0.4) is 0 Å². The number of aromatic nitrogens is 2. The predicted octanol–water partition coefficient (Wildman–Crippen LogP) is 4.12. The van der Waals surface area contributed by atoms with E-state index in [0.717, 1.165) is 11.3 Å². The molecule has 1 amide bonds. The Morgan fingerprint density at radius 3 is 2.21 bits per heavy atom. The smallest absolute Gasteiger partial charge is 0.261 e. The van der Waals surface area contributed by atoms with Gasteiger partial charge in [0, 0.05) is 24.0 Å². The first-order valence-electron chi connectivity index (χ1n) is 7.96. The summed E-state index contributed by atoms with van der Waals surface area (Å²) in [7, 11) is 0. The number of anilines is 1. The van der Waals surface area contributed by atoms with Crippen LogP contribution in [0.25, 0.3) is 11.4 Å². The Balaban J connectivity index is 1.93. The fraction of sp³-hybridized carbons (Fsp3) is 0.150. The molecule has 1 heterocycles. The van der Waals surface area contributed by atoms with E-state index in [1.54, 1.807) is 11.1 Å². The molecule has 1 aromatic heterocycles. The Kier molecular flexibility index (Phi) is 4.66. The van der Waals surface area contributed by atoms with Crippen LogP contribution in [0.1, 0.15) is 23.0 Å². The van der Waals surface area contributed by atoms with Gasteiger partial charge < -0.3 is 4.90 Å². The lowest BCUT2D eigenvalue weighted by molar-refractivity contribution is 0.0987. The molecule has 0 spiro atoms. The summed E-state index contributed by atoms with van der Waals surface area (Å²) in [4.78, 5) is 23.5. The summed E-state index contributed by atoms with van der Waals surface area (Å²) < 4.78 is 0. The standard InChI is InChI=1S/C20H19N3O/c1-3-23(17-12-8-5-9-13-17)20(24)18-14-21-19(22-15(18)2)16-10-6-4-7-11-16/h4-14H,3H2,1-2H3. The Morgan fingerprint density at radius 1 is 1.00 bits per heavy atom. The molecule has 24 heavy (non-hydrogen) atoms. The van der Waals surface area contributed by atoms with Gasteiger partial charge in [0.25, 0.3) is 5.91 Å². The molecule has 120 valence electrons. The number of hydrogen-bond acceptors (Lipinski definition) is 3. The lowest BCUT2D eigenvalue weighted by Crippen LogP contribution is -2.31. The molecule has 4 nitrogen and oxygen atoms in total. The number of rotatable bonds is 4. The fourth-order valence-electron chi connectivity index (χ4n) is 2.60. The summed E-state index contributed by atoms with van der Waals surface area (Å²) in [6, 6.07) is 19.4. The van der Waals surface area contributed by atoms with E-state index in [2.05, 4.69) is 9.97 Å². The van der Waals surface area contributed by atoms with Gasteiger partial charge >= 0.3 is 0 Å². The zero-order chi connectivity index (χ0) is 16.9. The van der Waals surface area contributed by atoms with E-state index in [4.69, 9.17) is 0 Å². The van der Waals surface area contributed by atoms with E-state index in [-0.39, 0.29) is 5.91 Å². The highest BCUT2D eigenvalue weighted by Crippen LogP contribution is 2.20. The van der Waals surface area contributed by atoms with Gasteiger partial charge in [0.1, 0.15) is 0 Å². The molecule has 4 heteroatoms. The van der Waals surface area contributed by atoms with Crippen LogP contribution in [0.5, 0.6) is 0 Å². The number of carbonyl (C=O) groups excluding carboxylic acids is 1. The summed E-state index contributed by atoms with van der Waals surface area (Å²) in [5.41, 5.74) is 3.02. The van der Waals surface area contributed by atoms with Crippen LogP contribution in [0.4, 0.5) is 5.69 Å². The Bertz CT molecular complexity index is 832. The van der Waals surface area contributed by atoms with E-state index in [0.29, 0.717) is 23.6 Å². The van der Waals surface area contributed by atoms with Gasteiger partial charge in [0.05, 0.1) is 11.3 Å². The quantitative estimate of drug-likeness (QED) is 0.727. The average Bonchev–Trinajstić information content (AvgIpc) is 2.64. The molecule has 0 fully saturated rings. The summed E-state index contributed by atoms with van der Waals surface area (Å²) in [6.45, 7) is 4.39. The Hall–Kier alpha value is -3.01. The van der Waals surface area contributed by atoms with Crippen molar-refractivity contribution in [3.05, 3.63) is 78.1 Å². The zero-order valence-corrected chi connectivity index (χ0v) is 13.8. The van der Waals surface area contributed by atoms with E-state index >= 15 is 0 Å². The van der Waals surface area contributed by atoms with Crippen molar-refractivity contribution in [3.8, 4) is 11.4 Å². The van der Waals surface area contributed by atoms with Crippen LogP contribution in [0.15, 0.2) is 66.9 Å². The van der Waals surface area contributed by atoms with Crippen molar-refractivity contribution in [3.63, 3.8) is 0 Å². The molecule has 0 bridgehead atoms. The van der Waals surface area contributed by atoms with E-state index < -0.39 is 0 Å². The minimum Gasteiger partial charge on any atom is -0.309 e. The fourth-order valence-corrected chi connectivity index (χ4v) is 2.60. The van der Waals surface area contributed by atoms with Crippen LogP contribution in [0, 0.1) is 6.92 Å². The number of benzene rings is 2. The molecule has 2 aromatic carbocycles. The van der Waals surface area contributed by atoms with Crippen LogP contribution < -0.4 is 4.90 Å². The summed E-state index contributed by atoms with van der Waals surface area (Å²) >= 11 is 0. The van der Waals surface area contributed by atoms with Gasteiger partial charge in [-0.3, -0.25) is 4.79 Å². The van der Waals surface area contributed by atoms with Gasteiger partial charge in [-0.15, -0.1) is 0 Å². The third kappa shape index (κ3) is 3.18. The van der Waals surface area contributed by atoms with Crippen LogP contribution in [-0.4, -0.2) is 22.4 Å². The monoisotopic (exact) mass is 317 g/mol. The van der Waals surface area contributed by atoms with Gasteiger partial charge in [-0.25, -0.2) is 9.97 Å². The summed E-state index contributed by atoms with van der Waals surface area (Å²) in [6.07, 6.45) is 1.62. The molecule has 3 rings (SSSR count). The third-order valence-corrected chi connectivity index (χ3v) is 3.87. The van der Waals surface area contributed by atoms with Crippen molar-refractivity contribution < 1.29 is 4.79 Å². The predicted molar refractivity (Wildman–Crippen MR) is 96.0 cm³/mol. The second-order valence-electron chi connectivity index (χ2n) is 5.44. The number of nitrogens with zero attached hydrogens (tertiary/aromatic N) is 3. The zero-order valence-electron chi connectivity index (χ0n) is 13.8. The average molecular weight is 317 g/mol. The van der Waals surface area contributed by atoms with E-state index in [1.807, 2.05) is 74.5 Å². The molecule has 0 aliphatic heterocycles. The Morgan fingerprint density at radius 2 is 1.62 bits per heavy atom.